The van der Waals surface area contributed by atoms with Crippen LogP contribution in [0.5, 0.6) is 0 Å². The van der Waals surface area contributed by atoms with Gasteiger partial charge < -0.3 is 10.4 Å². The van der Waals surface area contributed by atoms with Gasteiger partial charge in [0.25, 0.3) is 0 Å². The van der Waals surface area contributed by atoms with Gasteiger partial charge in [-0.15, -0.1) is 0 Å². The monoisotopic (exact) mass is 209 g/mol. The third kappa shape index (κ3) is 1.68. The van der Waals surface area contributed by atoms with Gasteiger partial charge in [0.1, 0.15) is 5.82 Å². The van der Waals surface area contributed by atoms with Crippen molar-refractivity contribution in [2.45, 2.75) is 12.3 Å². The molecule has 1 aromatic rings. The number of aliphatic carboxylic acids is 1. The molecule has 1 aromatic carbocycles. The molecule has 0 bridgehead atoms. The molecule has 15 heavy (non-hydrogen) atoms. The highest BCUT2D eigenvalue weighted by atomic mass is 19.1. The van der Waals surface area contributed by atoms with Gasteiger partial charge in [0.2, 0.25) is 5.91 Å². The Bertz CT molecular complexity index is 444. The minimum absolute atomic E-state index is 0.103. The second kappa shape index (κ2) is 3.34. The van der Waals surface area contributed by atoms with Crippen LogP contribution in [0.2, 0.25) is 0 Å². The Labute approximate surface area is 84.7 Å². The SMILES string of the molecule is O=C1C[C@H](C(=O)O)c2ccc(F)cc2N1. The maximum atomic E-state index is 12.9. The minimum Gasteiger partial charge on any atom is -0.481 e. The quantitative estimate of drug-likeness (QED) is 0.733. The number of hydrogen-bond acceptors (Lipinski definition) is 2. The number of carbonyl (C=O) groups excluding carboxylic acids is 1. The molecule has 0 saturated carbocycles. The number of halogens is 1. The molecule has 0 radical (unpaired) electrons. The van der Waals surface area contributed by atoms with Gasteiger partial charge in [-0.2, -0.15) is 0 Å². The van der Waals surface area contributed by atoms with Crippen LogP contribution in [-0.4, -0.2) is 17.0 Å². The van der Waals surface area contributed by atoms with E-state index in [-0.39, 0.29) is 12.1 Å². The number of fused-ring (bicyclic) bond motifs is 1. The van der Waals surface area contributed by atoms with Crippen LogP contribution in [0.15, 0.2) is 18.2 Å². The molecule has 1 heterocycles. The summed E-state index contributed by atoms with van der Waals surface area (Å²) in [6.07, 6.45) is -0.103. The van der Waals surface area contributed by atoms with Gasteiger partial charge in [0, 0.05) is 12.1 Å². The first-order valence-electron chi connectivity index (χ1n) is 4.40. The Morgan fingerprint density at radius 2 is 2.27 bits per heavy atom. The Hall–Kier alpha value is -1.91. The largest absolute Gasteiger partial charge is 0.481 e. The minimum atomic E-state index is -1.07. The maximum Gasteiger partial charge on any atom is 0.311 e. The summed E-state index contributed by atoms with van der Waals surface area (Å²) < 4.78 is 12.9. The van der Waals surface area contributed by atoms with E-state index in [0.29, 0.717) is 5.56 Å². The standard InChI is InChI=1S/C10H8FNO3/c11-5-1-2-6-7(10(14)15)4-9(13)12-8(6)3-5/h1-3,7H,4H2,(H,12,13)(H,14,15)/t7-/m0/s1. The maximum absolute atomic E-state index is 12.9. The number of nitrogens with one attached hydrogen (secondary N) is 1. The summed E-state index contributed by atoms with van der Waals surface area (Å²) in [6.45, 7) is 0. The van der Waals surface area contributed by atoms with Gasteiger partial charge in [-0.05, 0) is 17.7 Å². The van der Waals surface area contributed by atoms with E-state index in [4.69, 9.17) is 5.11 Å². The zero-order chi connectivity index (χ0) is 11.0. The van der Waals surface area contributed by atoms with Gasteiger partial charge in [0.05, 0.1) is 5.92 Å². The molecule has 4 nitrogen and oxygen atoms in total. The van der Waals surface area contributed by atoms with Crippen LogP contribution in [0.1, 0.15) is 17.9 Å². The molecular weight excluding hydrogens is 201 g/mol. The molecule has 1 aliphatic rings. The van der Waals surface area contributed by atoms with Crippen LogP contribution in [0.3, 0.4) is 0 Å². The fraction of sp³-hybridized carbons (Fsp3) is 0.200. The van der Waals surface area contributed by atoms with E-state index in [0.717, 1.165) is 6.07 Å². The van der Waals surface area contributed by atoms with E-state index in [1.165, 1.54) is 12.1 Å². The van der Waals surface area contributed by atoms with Gasteiger partial charge in [0.15, 0.2) is 0 Å². The Morgan fingerprint density at radius 1 is 1.53 bits per heavy atom. The van der Waals surface area contributed by atoms with Crippen molar-refractivity contribution in [3.8, 4) is 0 Å². The lowest BCUT2D eigenvalue weighted by atomic mass is 9.91. The molecule has 78 valence electrons. The van der Waals surface area contributed by atoms with E-state index in [2.05, 4.69) is 5.32 Å². The number of amides is 1. The van der Waals surface area contributed by atoms with Crippen molar-refractivity contribution in [2.24, 2.45) is 0 Å². The van der Waals surface area contributed by atoms with Crippen molar-refractivity contribution in [3.05, 3.63) is 29.6 Å². The van der Waals surface area contributed by atoms with Crippen molar-refractivity contribution in [2.75, 3.05) is 5.32 Å². The predicted octanol–water partition coefficient (Wildman–Crippen LogP) is 1.34. The average Bonchev–Trinajstić information content (AvgIpc) is 2.15. The average molecular weight is 209 g/mol. The first-order chi connectivity index (χ1) is 7.08. The summed E-state index contributed by atoms with van der Waals surface area (Å²) >= 11 is 0. The lowest BCUT2D eigenvalue weighted by Crippen LogP contribution is -2.27. The normalized spacial score (nSPS) is 19.3. The number of anilines is 1. The lowest BCUT2D eigenvalue weighted by molar-refractivity contribution is -0.140. The zero-order valence-corrected chi connectivity index (χ0v) is 7.66. The highest BCUT2D eigenvalue weighted by Gasteiger charge is 2.30. The summed E-state index contributed by atoms with van der Waals surface area (Å²) in [7, 11) is 0. The first-order valence-corrected chi connectivity index (χ1v) is 4.40. The molecular formula is C10H8FNO3. The number of rotatable bonds is 1. The topological polar surface area (TPSA) is 66.4 Å². The van der Waals surface area contributed by atoms with Crippen LogP contribution < -0.4 is 5.32 Å². The third-order valence-electron chi connectivity index (χ3n) is 2.35. The van der Waals surface area contributed by atoms with Crippen molar-refractivity contribution in [1.82, 2.24) is 0 Å². The smallest absolute Gasteiger partial charge is 0.311 e. The molecule has 0 spiro atoms. The molecule has 0 aliphatic carbocycles. The van der Waals surface area contributed by atoms with Gasteiger partial charge >= 0.3 is 5.97 Å². The van der Waals surface area contributed by atoms with E-state index >= 15 is 0 Å². The van der Waals surface area contributed by atoms with E-state index in [9.17, 15) is 14.0 Å². The second-order valence-corrected chi connectivity index (χ2v) is 3.37. The molecule has 5 heteroatoms. The van der Waals surface area contributed by atoms with Crippen LogP contribution >= 0.6 is 0 Å². The summed E-state index contributed by atoms with van der Waals surface area (Å²) in [6, 6.07) is 3.71. The van der Waals surface area contributed by atoms with Gasteiger partial charge in [-0.3, -0.25) is 9.59 Å². The van der Waals surface area contributed by atoms with Crippen LogP contribution in [-0.2, 0) is 9.59 Å². The first kappa shape index (κ1) is 9.64. The Balaban J connectivity index is 2.51. The number of carbonyl (C=O) groups is 2. The molecule has 0 saturated heterocycles. The molecule has 0 aromatic heterocycles. The molecule has 1 aliphatic heterocycles. The highest BCUT2D eigenvalue weighted by Crippen LogP contribution is 2.32. The predicted molar refractivity (Wildman–Crippen MR) is 50.0 cm³/mol. The summed E-state index contributed by atoms with van der Waals surface area (Å²) in [5.41, 5.74) is 0.696. The number of carboxylic acids is 1. The van der Waals surface area contributed by atoms with Crippen molar-refractivity contribution < 1.29 is 19.1 Å². The Morgan fingerprint density at radius 3 is 2.93 bits per heavy atom. The second-order valence-electron chi connectivity index (χ2n) is 3.37. The van der Waals surface area contributed by atoms with Crippen LogP contribution in [0, 0.1) is 5.82 Å². The molecule has 1 atom stereocenters. The van der Waals surface area contributed by atoms with Crippen LogP contribution in [0.25, 0.3) is 0 Å². The molecule has 0 fully saturated rings. The number of carboxylic acid groups (broad SMARTS) is 1. The summed E-state index contributed by atoms with van der Waals surface area (Å²) in [5, 5.41) is 11.3. The van der Waals surface area contributed by atoms with Crippen molar-refractivity contribution in [3.63, 3.8) is 0 Å². The molecule has 0 unspecified atom stereocenters. The van der Waals surface area contributed by atoms with E-state index in [1.54, 1.807) is 0 Å². The fourth-order valence-corrected chi connectivity index (χ4v) is 1.66. The Kier molecular flexibility index (Phi) is 2.15. The number of hydrogen-bond donors (Lipinski definition) is 2. The zero-order valence-electron chi connectivity index (χ0n) is 7.66. The molecule has 2 N–H and O–H groups in total. The van der Waals surface area contributed by atoms with Crippen LogP contribution in [0.4, 0.5) is 10.1 Å². The fourth-order valence-electron chi connectivity index (χ4n) is 1.66. The number of benzene rings is 1. The molecule has 2 rings (SSSR count). The third-order valence-corrected chi connectivity index (χ3v) is 2.35. The summed E-state index contributed by atoms with van der Waals surface area (Å²) in [5.74, 6) is -2.85. The van der Waals surface area contributed by atoms with Crippen molar-refractivity contribution in [1.29, 1.82) is 0 Å². The lowest BCUT2D eigenvalue weighted by Gasteiger charge is -2.22. The van der Waals surface area contributed by atoms with Gasteiger partial charge in [-0.1, -0.05) is 6.07 Å². The summed E-state index contributed by atoms with van der Waals surface area (Å²) in [4.78, 5) is 22.0. The highest BCUT2D eigenvalue weighted by molar-refractivity contribution is 5.99. The van der Waals surface area contributed by atoms with E-state index in [1.807, 2.05) is 0 Å². The molecule has 1 amide bonds. The van der Waals surface area contributed by atoms with Crippen molar-refractivity contribution >= 4 is 17.6 Å². The van der Waals surface area contributed by atoms with E-state index < -0.39 is 23.6 Å². The van der Waals surface area contributed by atoms with Gasteiger partial charge in [-0.25, -0.2) is 4.39 Å².